The van der Waals surface area contributed by atoms with Gasteiger partial charge in [-0.1, -0.05) is 12.1 Å². The lowest BCUT2D eigenvalue weighted by Crippen LogP contribution is -2.27. The summed E-state index contributed by atoms with van der Waals surface area (Å²) in [4.78, 5) is 23.8. The Morgan fingerprint density at radius 1 is 1.27 bits per heavy atom. The second-order valence-corrected chi connectivity index (χ2v) is 5.06. The van der Waals surface area contributed by atoms with Crippen molar-refractivity contribution < 1.29 is 28.2 Å². The van der Waals surface area contributed by atoms with Gasteiger partial charge in [0.25, 0.3) is 11.7 Å². The van der Waals surface area contributed by atoms with Crippen LogP contribution < -0.4 is 5.32 Å². The van der Waals surface area contributed by atoms with E-state index in [4.69, 9.17) is 14.2 Å². The molecule has 1 amide bonds. The molecule has 0 bridgehead atoms. The summed E-state index contributed by atoms with van der Waals surface area (Å²) in [6, 6.07) is 5.66. The molecule has 1 aliphatic heterocycles. The van der Waals surface area contributed by atoms with Gasteiger partial charge in [-0.15, -0.1) is 0 Å². The number of esters is 1. The number of hydrogen-bond acceptors (Lipinski definition) is 5. The van der Waals surface area contributed by atoms with Gasteiger partial charge in [0.05, 0.1) is 7.11 Å². The van der Waals surface area contributed by atoms with Crippen LogP contribution in [0, 0.1) is 5.82 Å². The van der Waals surface area contributed by atoms with E-state index in [1.165, 1.54) is 19.2 Å². The maximum Gasteiger partial charge on any atom is 0.381 e. The molecule has 1 fully saturated rings. The number of ether oxygens (including phenoxy) is 3. The van der Waals surface area contributed by atoms with Crippen molar-refractivity contribution in [1.29, 1.82) is 0 Å². The number of carbonyl (C=O) groups excluding carboxylic acids is 2. The molecule has 0 aromatic heterocycles. The predicted octanol–water partition coefficient (Wildman–Crippen LogP) is 1.61. The number of carbonyl (C=O) groups is 2. The van der Waals surface area contributed by atoms with Gasteiger partial charge in [0.1, 0.15) is 5.82 Å². The fraction of sp³-hybridized carbons (Fsp3) is 0.333. The van der Waals surface area contributed by atoms with E-state index in [-0.39, 0.29) is 23.9 Å². The highest BCUT2D eigenvalue weighted by Crippen LogP contribution is 2.28. The number of halogens is 1. The first kappa shape index (κ1) is 15.8. The van der Waals surface area contributed by atoms with Gasteiger partial charge in [-0.05, 0) is 17.7 Å². The van der Waals surface area contributed by atoms with Gasteiger partial charge in [-0.3, -0.25) is 4.79 Å². The monoisotopic (exact) mass is 309 g/mol. The van der Waals surface area contributed by atoms with Crippen LogP contribution in [0.15, 0.2) is 35.8 Å². The summed E-state index contributed by atoms with van der Waals surface area (Å²) >= 11 is 0. The van der Waals surface area contributed by atoms with E-state index in [1.54, 1.807) is 26.0 Å². The number of amides is 1. The van der Waals surface area contributed by atoms with Crippen molar-refractivity contribution >= 4 is 11.9 Å². The molecule has 118 valence electrons. The van der Waals surface area contributed by atoms with Gasteiger partial charge in [0.15, 0.2) is 0 Å². The molecule has 22 heavy (non-hydrogen) atoms. The molecule has 0 radical (unpaired) electrons. The molecule has 1 aromatic rings. The van der Waals surface area contributed by atoms with Crippen LogP contribution in [0.4, 0.5) is 4.39 Å². The van der Waals surface area contributed by atoms with E-state index in [0.717, 1.165) is 0 Å². The first-order chi connectivity index (χ1) is 10.3. The summed E-state index contributed by atoms with van der Waals surface area (Å²) in [5, 5.41) is 2.56. The molecule has 1 heterocycles. The van der Waals surface area contributed by atoms with Gasteiger partial charge in [-0.25, -0.2) is 9.18 Å². The SMILES string of the molecule is COC(C(=O)NCc1ccc(F)cc1)=C1OC(C)(C)OC1=O. The van der Waals surface area contributed by atoms with Crippen LogP contribution in [-0.2, 0) is 30.3 Å². The second-order valence-electron chi connectivity index (χ2n) is 5.06. The number of hydrogen-bond donors (Lipinski definition) is 1. The third-order valence-corrected chi connectivity index (χ3v) is 2.85. The Balaban J connectivity index is 2.09. The summed E-state index contributed by atoms with van der Waals surface area (Å²) in [5.74, 6) is -3.44. The second kappa shape index (κ2) is 6.05. The molecule has 0 aliphatic carbocycles. The molecule has 0 unspecified atom stereocenters. The van der Waals surface area contributed by atoms with E-state index in [2.05, 4.69) is 5.32 Å². The van der Waals surface area contributed by atoms with Gasteiger partial charge in [-0.2, -0.15) is 0 Å². The summed E-state index contributed by atoms with van der Waals surface area (Å²) in [6.07, 6.45) is 0. The van der Waals surface area contributed by atoms with E-state index < -0.39 is 17.7 Å². The largest absolute Gasteiger partial charge is 0.488 e. The van der Waals surface area contributed by atoms with Crippen molar-refractivity contribution in [2.45, 2.75) is 26.2 Å². The van der Waals surface area contributed by atoms with Crippen molar-refractivity contribution in [3.63, 3.8) is 0 Å². The highest BCUT2D eigenvalue weighted by Gasteiger charge is 2.41. The molecular weight excluding hydrogens is 293 g/mol. The number of nitrogens with one attached hydrogen (secondary N) is 1. The highest BCUT2D eigenvalue weighted by molar-refractivity contribution is 6.00. The Morgan fingerprint density at radius 2 is 1.91 bits per heavy atom. The molecular formula is C15H16FNO5. The number of methoxy groups -OCH3 is 1. The van der Waals surface area contributed by atoms with Crippen molar-refractivity contribution in [1.82, 2.24) is 5.32 Å². The first-order valence-corrected chi connectivity index (χ1v) is 6.55. The summed E-state index contributed by atoms with van der Waals surface area (Å²) in [7, 11) is 1.25. The van der Waals surface area contributed by atoms with Crippen LogP contribution in [0.2, 0.25) is 0 Å². The van der Waals surface area contributed by atoms with E-state index in [0.29, 0.717) is 5.56 Å². The maximum atomic E-state index is 12.8. The average molecular weight is 309 g/mol. The Labute approximate surface area is 126 Å². The van der Waals surface area contributed by atoms with Crippen molar-refractivity contribution in [2.24, 2.45) is 0 Å². The van der Waals surface area contributed by atoms with Crippen LogP contribution >= 0.6 is 0 Å². The standard InChI is InChI=1S/C15H16FNO5/c1-15(2)21-12(14(19)22-15)11(20-3)13(18)17-8-9-4-6-10(16)7-5-9/h4-7H,8H2,1-3H3,(H,17,18). The molecule has 1 aliphatic rings. The van der Waals surface area contributed by atoms with Crippen LogP contribution in [0.25, 0.3) is 0 Å². The lowest BCUT2D eigenvalue weighted by atomic mass is 10.2. The number of benzene rings is 1. The molecule has 7 heteroatoms. The fourth-order valence-corrected chi connectivity index (χ4v) is 1.87. The first-order valence-electron chi connectivity index (χ1n) is 6.55. The summed E-state index contributed by atoms with van der Waals surface area (Å²) in [5.41, 5.74) is 0.699. The van der Waals surface area contributed by atoms with E-state index >= 15 is 0 Å². The minimum Gasteiger partial charge on any atom is -0.488 e. The molecule has 0 saturated carbocycles. The normalized spacial score (nSPS) is 18.3. The van der Waals surface area contributed by atoms with Crippen molar-refractivity contribution in [3.8, 4) is 0 Å². The zero-order valence-corrected chi connectivity index (χ0v) is 12.4. The molecule has 1 saturated heterocycles. The van der Waals surface area contributed by atoms with Crippen molar-refractivity contribution in [3.05, 3.63) is 47.2 Å². The summed E-state index contributed by atoms with van der Waals surface area (Å²) in [6.45, 7) is 3.24. The summed E-state index contributed by atoms with van der Waals surface area (Å²) < 4.78 is 28.0. The van der Waals surface area contributed by atoms with Gasteiger partial charge in [0.2, 0.25) is 11.5 Å². The number of cyclic esters (lactones) is 1. The Morgan fingerprint density at radius 3 is 2.41 bits per heavy atom. The zero-order valence-electron chi connectivity index (χ0n) is 12.4. The molecule has 2 rings (SSSR count). The smallest absolute Gasteiger partial charge is 0.381 e. The van der Waals surface area contributed by atoms with E-state index in [1.807, 2.05) is 0 Å². The van der Waals surface area contributed by atoms with E-state index in [9.17, 15) is 14.0 Å². The Hall–Kier alpha value is -2.57. The maximum absolute atomic E-state index is 12.8. The van der Waals surface area contributed by atoms with Gasteiger partial charge < -0.3 is 19.5 Å². The van der Waals surface area contributed by atoms with Crippen LogP contribution in [-0.4, -0.2) is 24.8 Å². The van der Waals surface area contributed by atoms with Crippen LogP contribution in [0.1, 0.15) is 19.4 Å². The third-order valence-electron chi connectivity index (χ3n) is 2.85. The fourth-order valence-electron chi connectivity index (χ4n) is 1.87. The van der Waals surface area contributed by atoms with Gasteiger partial charge in [0, 0.05) is 20.4 Å². The highest BCUT2D eigenvalue weighted by atomic mass is 19.1. The van der Waals surface area contributed by atoms with Crippen LogP contribution in [0.5, 0.6) is 0 Å². The average Bonchev–Trinajstić information content (AvgIpc) is 2.72. The molecule has 1 N–H and O–H groups in total. The molecule has 6 nitrogen and oxygen atoms in total. The third kappa shape index (κ3) is 3.55. The zero-order chi connectivity index (χ0) is 16.3. The van der Waals surface area contributed by atoms with Gasteiger partial charge >= 0.3 is 5.97 Å². The lowest BCUT2D eigenvalue weighted by molar-refractivity contribution is -0.159. The minimum absolute atomic E-state index is 0.150. The topological polar surface area (TPSA) is 73.9 Å². The lowest BCUT2D eigenvalue weighted by Gasteiger charge is -2.14. The molecule has 1 aromatic carbocycles. The predicted molar refractivity (Wildman–Crippen MR) is 73.5 cm³/mol. The molecule has 0 atom stereocenters. The molecule has 0 spiro atoms. The van der Waals surface area contributed by atoms with Crippen LogP contribution in [0.3, 0.4) is 0 Å². The Kier molecular flexibility index (Phi) is 4.35. The Bertz CT molecular complexity index is 621. The number of rotatable bonds is 4. The van der Waals surface area contributed by atoms with Crippen molar-refractivity contribution in [2.75, 3.05) is 7.11 Å². The minimum atomic E-state index is -1.15. The quantitative estimate of drug-likeness (QED) is 0.519.